The third-order valence-electron chi connectivity index (χ3n) is 5.83. The molecule has 2 aromatic rings. The van der Waals surface area contributed by atoms with E-state index < -0.39 is 0 Å². The second-order valence-electron chi connectivity index (χ2n) is 8.01. The summed E-state index contributed by atoms with van der Waals surface area (Å²) in [6, 6.07) is 14.8. The molecule has 5 nitrogen and oxygen atoms in total. The average molecular weight is 415 g/mol. The fraction of sp³-hybridized carbons (Fsp3) is 0.269. The van der Waals surface area contributed by atoms with Gasteiger partial charge in [0.15, 0.2) is 5.78 Å². The lowest BCUT2D eigenvalue weighted by molar-refractivity contribution is -0.116. The van der Waals surface area contributed by atoms with Gasteiger partial charge in [0.2, 0.25) is 5.91 Å². The molecule has 5 heteroatoms. The van der Waals surface area contributed by atoms with Crippen molar-refractivity contribution < 1.29 is 14.4 Å². The molecule has 2 amide bonds. The maximum absolute atomic E-state index is 13.2. The Morgan fingerprint density at radius 3 is 2.58 bits per heavy atom. The number of anilines is 1. The number of benzene rings is 2. The summed E-state index contributed by atoms with van der Waals surface area (Å²) in [6.45, 7) is 2.54. The van der Waals surface area contributed by atoms with Crippen LogP contribution in [0.3, 0.4) is 0 Å². The van der Waals surface area contributed by atoms with Crippen molar-refractivity contribution >= 4 is 23.3 Å². The van der Waals surface area contributed by atoms with Gasteiger partial charge in [-0.25, -0.2) is 0 Å². The van der Waals surface area contributed by atoms with Gasteiger partial charge >= 0.3 is 0 Å². The highest BCUT2D eigenvalue weighted by Gasteiger charge is 2.28. The molecular formula is C26H26N2O3. The number of ketones is 1. The summed E-state index contributed by atoms with van der Waals surface area (Å²) in [7, 11) is 0. The fourth-order valence-corrected chi connectivity index (χ4v) is 4.12. The van der Waals surface area contributed by atoms with Gasteiger partial charge in [-0.3, -0.25) is 14.4 Å². The van der Waals surface area contributed by atoms with E-state index in [0.29, 0.717) is 49.1 Å². The van der Waals surface area contributed by atoms with Gasteiger partial charge in [0, 0.05) is 35.5 Å². The smallest absolute Gasteiger partial charge is 0.258 e. The summed E-state index contributed by atoms with van der Waals surface area (Å²) in [5.74, 6) is -0.0774. The summed E-state index contributed by atoms with van der Waals surface area (Å²) in [5, 5.41) is 2.90. The average Bonchev–Trinajstić information content (AvgIpc) is 2.94. The number of carbonyl (C=O) groups is 3. The Hall–Kier alpha value is -3.47. The molecule has 0 spiro atoms. The normalized spacial score (nSPS) is 16.0. The third-order valence-corrected chi connectivity index (χ3v) is 5.83. The maximum atomic E-state index is 13.2. The Balaban J connectivity index is 1.46. The van der Waals surface area contributed by atoms with E-state index in [1.165, 1.54) is 0 Å². The molecule has 0 saturated carbocycles. The van der Waals surface area contributed by atoms with E-state index in [1.807, 2.05) is 43.3 Å². The lowest BCUT2D eigenvalue weighted by Gasteiger charge is -2.26. The lowest BCUT2D eigenvalue weighted by Crippen LogP contribution is -2.32. The molecule has 0 fully saturated rings. The minimum absolute atomic E-state index is 0.0943. The first kappa shape index (κ1) is 20.8. The van der Waals surface area contributed by atoms with Crippen LogP contribution in [0.1, 0.15) is 47.2 Å². The molecule has 4 rings (SSSR count). The van der Waals surface area contributed by atoms with Crippen molar-refractivity contribution in [2.75, 3.05) is 11.9 Å². The first-order valence-electron chi connectivity index (χ1n) is 10.7. The second kappa shape index (κ2) is 9.13. The molecule has 0 unspecified atom stereocenters. The summed E-state index contributed by atoms with van der Waals surface area (Å²) in [4.78, 5) is 39.7. The Labute approximate surface area is 182 Å². The predicted octanol–water partition coefficient (Wildman–Crippen LogP) is 4.59. The van der Waals surface area contributed by atoms with E-state index in [9.17, 15) is 14.4 Å². The minimum Gasteiger partial charge on any atom is -0.326 e. The number of allylic oxidation sites excluding steroid dienone is 4. The van der Waals surface area contributed by atoms with Crippen LogP contribution in [-0.4, -0.2) is 29.0 Å². The van der Waals surface area contributed by atoms with Crippen LogP contribution in [0.15, 0.2) is 72.0 Å². The summed E-state index contributed by atoms with van der Waals surface area (Å²) in [6.07, 6.45) is 6.84. The van der Waals surface area contributed by atoms with Crippen LogP contribution in [0.4, 0.5) is 5.69 Å². The monoisotopic (exact) mass is 414 g/mol. The molecular weight excluding hydrogens is 388 g/mol. The van der Waals surface area contributed by atoms with Crippen LogP contribution in [0.2, 0.25) is 0 Å². The molecule has 0 bridgehead atoms. The van der Waals surface area contributed by atoms with Crippen LogP contribution in [-0.2, 0) is 16.0 Å². The van der Waals surface area contributed by atoms with Gasteiger partial charge in [-0.2, -0.15) is 0 Å². The highest BCUT2D eigenvalue weighted by Crippen LogP contribution is 2.29. The van der Waals surface area contributed by atoms with Gasteiger partial charge in [0.25, 0.3) is 5.91 Å². The number of hydrogen-bond acceptors (Lipinski definition) is 3. The number of Topliss-reactive ketones (excluding diaryl/α,β-unsaturated/α-hetero) is 1. The number of aryl methyl sites for hydroxylation is 1. The SMILES string of the molecule is Cc1ccccc1CC(=O)Nc1ccc(C(=O)N2CCCC(=O)C3=C2CCC=C3)cc1. The molecule has 1 aliphatic carbocycles. The van der Waals surface area contributed by atoms with Gasteiger partial charge < -0.3 is 10.2 Å². The molecule has 2 aliphatic rings. The van der Waals surface area contributed by atoms with Crippen LogP contribution >= 0.6 is 0 Å². The summed E-state index contributed by atoms with van der Waals surface area (Å²) >= 11 is 0. The van der Waals surface area contributed by atoms with Crippen molar-refractivity contribution in [3.05, 3.63) is 88.6 Å². The molecule has 0 saturated heterocycles. The van der Waals surface area contributed by atoms with Gasteiger partial charge in [-0.15, -0.1) is 0 Å². The van der Waals surface area contributed by atoms with Crippen LogP contribution in [0, 0.1) is 6.92 Å². The van der Waals surface area contributed by atoms with Crippen molar-refractivity contribution in [2.24, 2.45) is 0 Å². The van der Waals surface area contributed by atoms with Crippen molar-refractivity contribution in [2.45, 2.75) is 39.0 Å². The lowest BCUT2D eigenvalue weighted by atomic mass is 9.98. The molecule has 0 aromatic heterocycles. The first-order valence-corrected chi connectivity index (χ1v) is 10.7. The zero-order valence-corrected chi connectivity index (χ0v) is 17.7. The Morgan fingerprint density at radius 1 is 1.03 bits per heavy atom. The zero-order valence-electron chi connectivity index (χ0n) is 17.7. The van der Waals surface area contributed by atoms with Crippen LogP contribution < -0.4 is 5.32 Å². The van der Waals surface area contributed by atoms with Crippen LogP contribution in [0.5, 0.6) is 0 Å². The number of rotatable bonds is 4. The third kappa shape index (κ3) is 4.66. The van der Waals surface area contributed by atoms with Crippen LogP contribution in [0.25, 0.3) is 0 Å². The largest absolute Gasteiger partial charge is 0.326 e. The predicted molar refractivity (Wildman–Crippen MR) is 121 cm³/mol. The van der Waals surface area contributed by atoms with E-state index >= 15 is 0 Å². The van der Waals surface area contributed by atoms with E-state index in [4.69, 9.17) is 0 Å². The molecule has 2 aromatic carbocycles. The number of carbonyl (C=O) groups excluding carboxylic acids is 3. The molecule has 31 heavy (non-hydrogen) atoms. The number of amides is 2. The van der Waals surface area contributed by atoms with E-state index in [-0.39, 0.29) is 17.6 Å². The maximum Gasteiger partial charge on any atom is 0.258 e. The Kier molecular flexibility index (Phi) is 6.12. The van der Waals surface area contributed by atoms with E-state index in [0.717, 1.165) is 23.2 Å². The van der Waals surface area contributed by atoms with Crippen molar-refractivity contribution in [1.82, 2.24) is 4.90 Å². The Morgan fingerprint density at radius 2 is 1.81 bits per heavy atom. The van der Waals surface area contributed by atoms with Crippen molar-refractivity contribution in [3.63, 3.8) is 0 Å². The molecule has 1 heterocycles. The molecule has 1 aliphatic heterocycles. The van der Waals surface area contributed by atoms with Gasteiger partial charge in [-0.1, -0.05) is 36.4 Å². The van der Waals surface area contributed by atoms with E-state index in [2.05, 4.69) is 5.32 Å². The summed E-state index contributed by atoms with van der Waals surface area (Å²) < 4.78 is 0. The quantitative estimate of drug-likeness (QED) is 0.796. The molecule has 1 N–H and O–H groups in total. The molecule has 0 radical (unpaired) electrons. The van der Waals surface area contributed by atoms with Gasteiger partial charge in [0.1, 0.15) is 0 Å². The highest BCUT2D eigenvalue weighted by molar-refractivity contribution is 6.02. The minimum atomic E-state index is -0.102. The van der Waals surface area contributed by atoms with Crippen molar-refractivity contribution in [1.29, 1.82) is 0 Å². The topological polar surface area (TPSA) is 66.5 Å². The van der Waals surface area contributed by atoms with Crippen molar-refractivity contribution in [3.8, 4) is 0 Å². The van der Waals surface area contributed by atoms with E-state index in [1.54, 1.807) is 29.2 Å². The van der Waals surface area contributed by atoms with Gasteiger partial charge in [-0.05, 0) is 61.6 Å². The zero-order chi connectivity index (χ0) is 21.8. The standard InChI is InChI=1S/C26H26N2O3/c1-18-7-2-3-8-20(18)17-25(30)27-21-14-12-19(13-15-21)26(31)28-16-6-11-24(29)22-9-4-5-10-23(22)28/h2-4,7-9,12-15H,5-6,10-11,16-17H2,1H3,(H,27,30). The fourth-order valence-electron chi connectivity index (χ4n) is 4.12. The summed E-state index contributed by atoms with van der Waals surface area (Å²) in [5.41, 5.74) is 4.80. The number of hydrogen-bond donors (Lipinski definition) is 1. The number of nitrogens with one attached hydrogen (secondary N) is 1. The highest BCUT2D eigenvalue weighted by atomic mass is 16.2. The van der Waals surface area contributed by atoms with Gasteiger partial charge in [0.05, 0.1) is 6.42 Å². The second-order valence-corrected chi connectivity index (χ2v) is 8.01. The molecule has 0 atom stereocenters. The number of nitrogens with zero attached hydrogens (tertiary/aromatic N) is 1. The first-order chi connectivity index (χ1) is 15.0. The molecule has 158 valence electrons. The Bertz CT molecular complexity index is 1080.